The molecule has 0 spiro atoms. The number of rotatable bonds is 43. The maximum Gasteiger partial charge on any atom is 0.409 e. The molecule has 0 unspecified atom stereocenters. The van der Waals surface area contributed by atoms with E-state index in [0.29, 0.717) is 32.6 Å². The number of esters is 2. The molecule has 8 nitrogen and oxygen atoms in total. The minimum Gasteiger partial charge on any atom is -0.466 e. The first-order valence-electron chi connectivity index (χ1n) is 24.5. The summed E-state index contributed by atoms with van der Waals surface area (Å²) in [5, 5.41) is 0. The molecule has 1 aliphatic heterocycles. The van der Waals surface area contributed by atoms with Crippen molar-refractivity contribution >= 4 is 18.0 Å². The van der Waals surface area contributed by atoms with Gasteiger partial charge in [0.05, 0.1) is 13.2 Å². The maximum absolute atomic E-state index is 12.8. The predicted molar refractivity (Wildman–Crippen MR) is 234 cm³/mol. The van der Waals surface area contributed by atoms with Crippen LogP contribution < -0.4 is 0 Å². The molecule has 0 aromatic rings. The van der Waals surface area contributed by atoms with E-state index in [4.69, 9.17) is 14.2 Å². The van der Waals surface area contributed by atoms with Crippen molar-refractivity contribution in [2.75, 3.05) is 45.9 Å². The quantitative estimate of drug-likeness (QED) is 0.0345. The summed E-state index contributed by atoms with van der Waals surface area (Å²) in [7, 11) is 0. The van der Waals surface area contributed by atoms with E-state index in [1.807, 2.05) is 4.90 Å². The number of carbonyl (C=O) groups excluding carboxylic acids is 3. The van der Waals surface area contributed by atoms with E-state index in [1.54, 1.807) is 0 Å². The molecule has 0 aliphatic carbocycles. The molecule has 0 aromatic carbocycles. The van der Waals surface area contributed by atoms with E-state index in [2.05, 4.69) is 25.7 Å². The Balaban J connectivity index is 2.27. The zero-order valence-corrected chi connectivity index (χ0v) is 37.4. The van der Waals surface area contributed by atoms with Gasteiger partial charge in [-0.1, -0.05) is 162 Å². The van der Waals surface area contributed by atoms with Gasteiger partial charge in [0.15, 0.2) is 0 Å². The maximum atomic E-state index is 12.8. The lowest BCUT2D eigenvalue weighted by Crippen LogP contribution is -2.32. The van der Waals surface area contributed by atoms with Crippen LogP contribution in [0.25, 0.3) is 0 Å². The number of nitrogens with zero attached hydrogens (tertiary/aromatic N) is 2. The minimum absolute atomic E-state index is 0.0127. The van der Waals surface area contributed by atoms with Crippen LogP contribution in [0.3, 0.4) is 0 Å². The van der Waals surface area contributed by atoms with Gasteiger partial charge in [-0.25, -0.2) is 4.79 Å². The van der Waals surface area contributed by atoms with Gasteiger partial charge in [-0.05, 0) is 83.8 Å². The van der Waals surface area contributed by atoms with E-state index < -0.39 is 0 Å². The molecule has 0 aromatic heterocycles. The normalized spacial score (nSPS) is 12.9. The van der Waals surface area contributed by atoms with E-state index in [1.165, 1.54) is 122 Å². The van der Waals surface area contributed by atoms with Gasteiger partial charge < -0.3 is 24.0 Å². The molecule has 1 fully saturated rings. The second-order valence-corrected chi connectivity index (χ2v) is 16.9. The average molecular weight is 793 g/mol. The van der Waals surface area contributed by atoms with Gasteiger partial charge in [-0.15, -0.1) is 0 Å². The standard InChI is InChI=1S/C48H92N2O6/c1-4-7-10-13-16-25-32-43-54-46(51)36-28-21-17-23-30-38-49(40-33-41-50-42-44-55-48(50)53)39-31-24-18-22-29-37-47(52)56-45(34-26-19-14-11-8-5-2)35-27-20-15-12-9-6-3/h45H,4-44H2,1-3H3. The van der Waals surface area contributed by atoms with Crippen LogP contribution in [0.1, 0.15) is 239 Å². The molecule has 0 radical (unpaired) electrons. The summed E-state index contributed by atoms with van der Waals surface area (Å²) in [6.07, 6.45) is 39.0. The Bertz CT molecular complexity index is 885. The van der Waals surface area contributed by atoms with E-state index in [0.717, 1.165) is 110 Å². The van der Waals surface area contributed by atoms with Crippen LogP contribution in [-0.2, 0) is 23.8 Å². The van der Waals surface area contributed by atoms with Crippen LogP contribution in [0.5, 0.6) is 0 Å². The molecular weight excluding hydrogens is 701 g/mol. The van der Waals surface area contributed by atoms with Crippen LogP contribution in [0, 0.1) is 0 Å². The molecule has 0 bridgehead atoms. The Hall–Kier alpha value is -1.83. The van der Waals surface area contributed by atoms with Gasteiger partial charge in [0.2, 0.25) is 0 Å². The summed E-state index contributed by atoms with van der Waals surface area (Å²) in [4.78, 5) is 41.2. The molecule has 1 saturated heterocycles. The largest absolute Gasteiger partial charge is 0.466 e. The number of ether oxygens (including phenoxy) is 3. The molecule has 0 saturated carbocycles. The number of hydrogen-bond donors (Lipinski definition) is 0. The van der Waals surface area contributed by atoms with Gasteiger partial charge in [0, 0.05) is 19.4 Å². The summed E-state index contributed by atoms with van der Waals surface area (Å²) < 4.78 is 16.6. The van der Waals surface area contributed by atoms with Crippen molar-refractivity contribution in [2.24, 2.45) is 0 Å². The van der Waals surface area contributed by atoms with Crippen LogP contribution in [0.15, 0.2) is 0 Å². The van der Waals surface area contributed by atoms with E-state index in [9.17, 15) is 14.4 Å². The second-order valence-electron chi connectivity index (χ2n) is 16.9. The van der Waals surface area contributed by atoms with Crippen LogP contribution in [0.2, 0.25) is 0 Å². The third-order valence-electron chi connectivity index (χ3n) is 11.5. The summed E-state index contributed by atoms with van der Waals surface area (Å²) in [5.41, 5.74) is 0. The first kappa shape index (κ1) is 52.2. The minimum atomic E-state index is -0.173. The van der Waals surface area contributed by atoms with Crippen molar-refractivity contribution in [3.63, 3.8) is 0 Å². The third kappa shape index (κ3) is 33.2. The van der Waals surface area contributed by atoms with Gasteiger partial charge >= 0.3 is 18.0 Å². The lowest BCUT2D eigenvalue weighted by molar-refractivity contribution is -0.150. The molecule has 0 atom stereocenters. The van der Waals surface area contributed by atoms with Gasteiger partial charge in [-0.2, -0.15) is 0 Å². The summed E-state index contributed by atoms with van der Waals surface area (Å²) >= 11 is 0. The first-order chi connectivity index (χ1) is 27.5. The highest BCUT2D eigenvalue weighted by molar-refractivity contribution is 5.70. The Morgan fingerprint density at radius 3 is 1.48 bits per heavy atom. The number of unbranched alkanes of at least 4 members (excludes halogenated alkanes) is 24. The van der Waals surface area contributed by atoms with E-state index >= 15 is 0 Å². The van der Waals surface area contributed by atoms with Crippen molar-refractivity contribution in [1.29, 1.82) is 0 Å². The molecule has 56 heavy (non-hydrogen) atoms. The van der Waals surface area contributed by atoms with Gasteiger partial charge in [0.25, 0.3) is 0 Å². The zero-order valence-electron chi connectivity index (χ0n) is 37.4. The van der Waals surface area contributed by atoms with Crippen molar-refractivity contribution in [3.05, 3.63) is 0 Å². The Morgan fingerprint density at radius 2 is 0.982 bits per heavy atom. The average Bonchev–Trinajstić information content (AvgIpc) is 3.61. The van der Waals surface area contributed by atoms with Crippen LogP contribution in [-0.4, -0.2) is 79.9 Å². The number of carbonyl (C=O) groups is 3. The van der Waals surface area contributed by atoms with Gasteiger partial charge in [-0.3, -0.25) is 9.59 Å². The molecular formula is C48H92N2O6. The first-order valence-corrected chi connectivity index (χ1v) is 24.5. The van der Waals surface area contributed by atoms with Crippen molar-refractivity contribution in [3.8, 4) is 0 Å². The SMILES string of the molecule is CCCCCCCCCOC(=O)CCCCCCCN(CCCCCCCC(=O)OC(CCCCCCCC)CCCCCCCC)CCCN1CCOC1=O. The monoisotopic (exact) mass is 793 g/mol. The highest BCUT2D eigenvalue weighted by Gasteiger charge is 2.21. The van der Waals surface area contributed by atoms with Crippen molar-refractivity contribution < 1.29 is 28.6 Å². The summed E-state index contributed by atoms with van der Waals surface area (Å²) in [6.45, 7) is 12.5. The summed E-state index contributed by atoms with van der Waals surface area (Å²) in [6, 6.07) is 0. The zero-order chi connectivity index (χ0) is 40.6. The molecule has 8 heteroatoms. The fourth-order valence-corrected chi connectivity index (χ4v) is 7.85. The molecule has 0 N–H and O–H groups in total. The lowest BCUT2D eigenvalue weighted by Gasteiger charge is -2.23. The Morgan fingerprint density at radius 1 is 0.554 bits per heavy atom. The molecule has 330 valence electrons. The smallest absolute Gasteiger partial charge is 0.409 e. The number of cyclic esters (lactones) is 1. The Labute approximate surface area is 346 Å². The lowest BCUT2D eigenvalue weighted by atomic mass is 10.0. The van der Waals surface area contributed by atoms with Crippen molar-refractivity contribution in [2.45, 2.75) is 245 Å². The van der Waals surface area contributed by atoms with E-state index in [-0.39, 0.29) is 24.1 Å². The van der Waals surface area contributed by atoms with Crippen LogP contribution in [0.4, 0.5) is 4.79 Å². The molecule has 1 aliphatic rings. The second kappa shape index (κ2) is 40.0. The fourth-order valence-electron chi connectivity index (χ4n) is 7.85. The highest BCUT2D eigenvalue weighted by atomic mass is 16.6. The summed E-state index contributed by atoms with van der Waals surface area (Å²) in [5.74, 6) is -0.0195. The van der Waals surface area contributed by atoms with Crippen LogP contribution >= 0.6 is 0 Å². The van der Waals surface area contributed by atoms with Crippen molar-refractivity contribution in [1.82, 2.24) is 9.80 Å². The topological polar surface area (TPSA) is 85.4 Å². The molecule has 1 rings (SSSR count). The third-order valence-corrected chi connectivity index (χ3v) is 11.5. The Kier molecular flexibility index (Phi) is 37.3. The van der Waals surface area contributed by atoms with Gasteiger partial charge in [0.1, 0.15) is 12.7 Å². The predicted octanol–water partition coefficient (Wildman–Crippen LogP) is 13.5. The molecule has 1 amide bonds. The highest BCUT2D eigenvalue weighted by Crippen LogP contribution is 2.19. The number of amides is 1. The number of hydrogen-bond acceptors (Lipinski definition) is 7. The molecule has 1 heterocycles. The fraction of sp³-hybridized carbons (Fsp3) is 0.938.